The molecule has 0 saturated carbocycles. The number of rotatable bonds is 6. The third-order valence-electron chi connectivity index (χ3n) is 4.51. The minimum absolute atomic E-state index is 0.294. The predicted molar refractivity (Wildman–Crippen MR) is 71.8 cm³/mol. The molecule has 0 amide bonds. The first kappa shape index (κ1) is 14.0. The van der Waals surface area contributed by atoms with Crippen LogP contribution in [0.3, 0.4) is 0 Å². The van der Waals surface area contributed by atoms with Crippen molar-refractivity contribution in [3.8, 4) is 0 Å². The van der Waals surface area contributed by atoms with Crippen LogP contribution >= 0.6 is 0 Å². The molecule has 0 bridgehead atoms. The van der Waals surface area contributed by atoms with Gasteiger partial charge in [-0.3, -0.25) is 4.90 Å². The first-order valence-corrected chi connectivity index (χ1v) is 7.00. The van der Waals surface area contributed by atoms with Crippen molar-refractivity contribution in [2.75, 3.05) is 20.1 Å². The molecule has 0 aromatic carbocycles. The fraction of sp³-hybridized carbons (Fsp3) is 1.00. The van der Waals surface area contributed by atoms with Crippen molar-refractivity contribution >= 4 is 0 Å². The van der Waals surface area contributed by atoms with Crippen molar-refractivity contribution in [3.63, 3.8) is 0 Å². The van der Waals surface area contributed by atoms with Gasteiger partial charge in [0.25, 0.3) is 0 Å². The number of hydrogen-bond donors (Lipinski definition) is 1. The molecule has 0 aromatic heterocycles. The summed E-state index contributed by atoms with van der Waals surface area (Å²) in [5.41, 5.74) is 0.294. The van der Waals surface area contributed by atoms with Crippen molar-refractivity contribution < 1.29 is 0 Å². The summed E-state index contributed by atoms with van der Waals surface area (Å²) in [6, 6.07) is 0.612. The molecule has 0 radical (unpaired) electrons. The summed E-state index contributed by atoms with van der Waals surface area (Å²) in [5, 5.41) is 3.58. The van der Waals surface area contributed by atoms with Crippen molar-refractivity contribution in [3.05, 3.63) is 0 Å². The molecule has 1 aliphatic rings. The van der Waals surface area contributed by atoms with Gasteiger partial charge in [0.15, 0.2) is 0 Å². The zero-order chi connectivity index (χ0) is 12.2. The highest BCUT2D eigenvalue weighted by atomic mass is 15.2. The van der Waals surface area contributed by atoms with Gasteiger partial charge in [-0.1, -0.05) is 26.7 Å². The standard InChI is InChI=1S/C14H30N2/c1-6-12(7-2)13(15-5)14(3,4)16-10-8-9-11-16/h12-13,15H,6-11H2,1-5H3. The van der Waals surface area contributed by atoms with Crippen LogP contribution in [0.2, 0.25) is 0 Å². The average molecular weight is 226 g/mol. The minimum atomic E-state index is 0.294. The van der Waals surface area contributed by atoms with Crippen LogP contribution in [0.1, 0.15) is 53.4 Å². The van der Waals surface area contributed by atoms with Crippen molar-refractivity contribution in [1.29, 1.82) is 0 Å². The van der Waals surface area contributed by atoms with E-state index in [2.05, 4.69) is 45.0 Å². The second kappa shape index (κ2) is 6.02. The van der Waals surface area contributed by atoms with Gasteiger partial charge >= 0.3 is 0 Å². The van der Waals surface area contributed by atoms with E-state index in [1.807, 2.05) is 0 Å². The van der Waals surface area contributed by atoms with Crippen LogP contribution in [0.4, 0.5) is 0 Å². The monoisotopic (exact) mass is 226 g/mol. The fourth-order valence-corrected chi connectivity index (χ4v) is 3.42. The molecule has 2 nitrogen and oxygen atoms in total. The van der Waals surface area contributed by atoms with E-state index in [0.29, 0.717) is 11.6 Å². The Morgan fingerprint density at radius 3 is 2.00 bits per heavy atom. The Labute approximate surface area is 102 Å². The number of likely N-dealkylation sites (N-methyl/N-ethyl adjacent to an activating group) is 1. The Kier molecular flexibility index (Phi) is 5.26. The van der Waals surface area contributed by atoms with Crippen molar-refractivity contribution in [2.45, 2.75) is 65.0 Å². The van der Waals surface area contributed by atoms with Crippen LogP contribution in [0.25, 0.3) is 0 Å². The summed E-state index contributed by atoms with van der Waals surface area (Å²) in [6.45, 7) is 12.0. The smallest absolute Gasteiger partial charge is 0.0308 e. The molecule has 0 aliphatic carbocycles. The second-order valence-corrected chi connectivity index (χ2v) is 5.69. The molecule has 0 spiro atoms. The van der Waals surface area contributed by atoms with Gasteiger partial charge in [0.2, 0.25) is 0 Å². The number of nitrogens with zero attached hydrogens (tertiary/aromatic N) is 1. The van der Waals surface area contributed by atoms with E-state index < -0.39 is 0 Å². The zero-order valence-corrected chi connectivity index (χ0v) is 11.8. The third kappa shape index (κ3) is 2.78. The molecule has 1 aliphatic heterocycles. The van der Waals surface area contributed by atoms with Gasteiger partial charge in [-0.25, -0.2) is 0 Å². The quantitative estimate of drug-likeness (QED) is 0.749. The summed E-state index contributed by atoms with van der Waals surface area (Å²) in [5.74, 6) is 0.792. The molecular weight excluding hydrogens is 196 g/mol. The highest BCUT2D eigenvalue weighted by Crippen LogP contribution is 2.30. The Bertz CT molecular complexity index is 191. The van der Waals surface area contributed by atoms with Crippen LogP contribution in [0.5, 0.6) is 0 Å². The summed E-state index contributed by atoms with van der Waals surface area (Å²) < 4.78 is 0. The lowest BCUT2D eigenvalue weighted by Gasteiger charge is -2.45. The molecule has 1 fully saturated rings. The average Bonchev–Trinajstić information content (AvgIpc) is 2.79. The lowest BCUT2D eigenvalue weighted by atomic mass is 9.80. The van der Waals surface area contributed by atoms with Crippen LogP contribution in [-0.4, -0.2) is 36.6 Å². The number of nitrogens with one attached hydrogen (secondary N) is 1. The van der Waals surface area contributed by atoms with Gasteiger partial charge in [0, 0.05) is 11.6 Å². The molecule has 2 heteroatoms. The minimum Gasteiger partial charge on any atom is -0.315 e. The van der Waals surface area contributed by atoms with E-state index in [9.17, 15) is 0 Å². The van der Waals surface area contributed by atoms with Gasteiger partial charge in [-0.15, -0.1) is 0 Å². The van der Waals surface area contributed by atoms with Gasteiger partial charge < -0.3 is 5.32 Å². The van der Waals surface area contributed by atoms with Gasteiger partial charge in [0.1, 0.15) is 0 Å². The van der Waals surface area contributed by atoms with Gasteiger partial charge in [0.05, 0.1) is 0 Å². The Morgan fingerprint density at radius 1 is 1.12 bits per heavy atom. The Balaban J connectivity index is 2.75. The van der Waals surface area contributed by atoms with Crippen LogP contribution in [-0.2, 0) is 0 Å². The van der Waals surface area contributed by atoms with E-state index in [-0.39, 0.29) is 0 Å². The summed E-state index contributed by atoms with van der Waals surface area (Å²) in [6.07, 6.45) is 5.31. The maximum absolute atomic E-state index is 3.58. The highest BCUT2D eigenvalue weighted by Gasteiger charge is 2.38. The molecular formula is C14H30N2. The summed E-state index contributed by atoms with van der Waals surface area (Å²) in [7, 11) is 2.13. The molecule has 96 valence electrons. The van der Waals surface area contributed by atoms with Gasteiger partial charge in [-0.05, 0) is 52.7 Å². The first-order chi connectivity index (χ1) is 7.57. The number of hydrogen-bond acceptors (Lipinski definition) is 2. The third-order valence-corrected chi connectivity index (χ3v) is 4.51. The normalized spacial score (nSPS) is 20.6. The van der Waals surface area contributed by atoms with E-state index in [0.717, 1.165) is 5.92 Å². The zero-order valence-electron chi connectivity index (χ0n) is 11.8. The molecule has 1 saturated heterocycles. The van der Waals surface area contributed by atoms with Gasteiger partial charge in [-0.2, -0.15) is 0 Å². The maximum atomic E-state index is 3.58. The molecule has 0 aromatic rings. The molecule has 1 heterocycles. The summed E-state index contributed by atoms with van der Waals surface area (Å²) in [4.78, 5) is 2.67. The molecule has 1 N–H and O–H groups in total. The van der Waals surface area contributed by atoms with Crippen LogP contribution in [0.15, 0.2) is 0 Å². The fourth-order valence-electron chi connectivity index (χ4n) is 3.42. The van der Waals surface area contributed by atoms with E-state index in [4.69, 9.17) is 0 Å². The Hall–Kier alpha value is -0.0800. The SMILES string of the molecule is CCC(CC)C(NC)C(C)(C)N1CCCC1. The topological polar surface area (TPSA) is 15.3 Å². The maximum Gasteiger partial charge on any atom is 0.0308 e. The van der Waals surface area contributed by atoms with Crippen LogP contribution in [0, 0.1) is 5.92 Å². The van der Waals surface area contributed by atoms with E-state index in [1.165, 1.54) is 38.8 Å². The highest BCUT2D eigenvalue weighted by molar-refractivity contribution is 4.97. The molecule has 1 unspecified atom stereocenters. The van der Waals surface area contributed by atoms with E-state index in [1.54, 1.807) is 0 Å². The van der Waals surface area contributed by atoms with Crippen LogP contribution < -0.4 is 5.32 Å². The predicted octanol–water partition coefficient (Wildman–Crippen LogP) is 2.89. The largest absolute Gasteiger partial charge is 0.315 e. The second-order valence-electron chi connectivity index (χ2n) is 5.69. The first-order valence-electron chi connectivity index (χ1n) is 7.00. The lowest BCUT2D eigenvalue weighted by Crippen LogP contribution is -2.59. The van der Waals surface area contributed by atoms with Crippen molar-refractivity contribution in [1.82, 2.24) is 10.2 Å². The summed E-state index contributed by atoms with van der Waals surface area (Å²) >= 11 is 0. The molecule has 1 rings (SSSR count). The molecule has 1 atom stereocenters. The number of likely N-dealkylation sites (tertiary alicyclic amines) is 1. The van der Waals surface area contributed by atoms with Crippen molar-refractivity contribution in [2.24, 2.45) is 5.92 Å². The lowest BCUT2D eigenvalue weighted by molar-refractivity contribution is 0.0784. The Morgan fingerprint density at radius 2 is 1.62 bits per heavy atom. The molecule has 16 heavy (non-hydrogen) atoms. The van der Waals surface area contributed by atoms with E-state index >= 15 is 0 Å².